The van der Waals surface area contributed by atoms with Crippen LogP contribution in [0.4, 0.5) is 19.0 Å². The molecule has 0 spiro atoms. The SMILES string of the molecule is CCc1nc(C(F)(F)F)cnc1N. The van der Waals surface area contributed by atoms with Gasteiger partial charge in [0.1, 0.15) is 5.82 Å². The van der Waals surface area contributed by atoms with Gasteiger partial charge in [0.15, 0.2) is 5.69 Å². The van der Waals surface area contributed by atoms with Crippen LogP contribution in [0, 0.1) is 0 Å². The molecular formula is C7H8F3N3. The lowest BCUT2D eigenvalue weighted by Gasteiger charge is -2.07. The van der Waals surface area contributed by atoms with Crippen molar-refractivity contribution in [2.24, 2.45) is 0 Å². The largest absolute Gasteiger partial charge is 0.434 e. The van der Waals surface area contributed by atoms with Crippen LogP contribution in [0.1, 0.15) is 18.3 Å². The topological polar surface area (TPSA) is 51.8 Å². The Bertz CT molecular complexity index is 308. The molecule has 0 radical (unpaired) electrons. The van der Waals surface area contributed by atoms with E-state index in [0.29, 0.717) is 12.6 Å². The zero-order valence-corrected chi connectivity index (χ0v) is 6.89. The number of alkyl halides is 3. The van der Waals surface area contributed by atoms with Crippen molar-refractivity contribution in [3.05, 3.63) is 17.6 Å². The molecule has 0 unspecified atom stereocenters. The third kappa shape index (κ3) is 2.07. The molecule has 1 heterocycles. The molecule has 3 nitrogen and oxygen atoms in total. The molecule has 0 fully saturated rings. The second-order valence-corrected chi connectivity index (χ2v) is 2.44. The lowest BCUT2D eigenvalue weighted by Crippen LogP contribution is -2.12. The summed E-state index contributed by atoms with van der Waals surface area (Å²) in [7, 11) is 0. The van der Waals surface area contributed by atoms with Gasteiger partial charge in [0, 0.05) is 0 Å². The number of halogens is 3. The first-order valence-corrected chi connectivity index (χ1v) is 3.63. The maximum absolute atomic E-state index is 12.1. The smallest absolute Gasteiger partial charge is 0.382 e. The number of nitrogens with zero attached hydrogens (tertiary/aromatic N) is 2. The predicted molar refractivity (Wildman–Crippen MR) is 40.8 cm³/mol. The Balaban J connectivity index is 3.14. The van der Waals surface area contributed by atoms with Gasteiger partial charge in [-0.15, -0.1) is 0 Å². The Kier molecular flexibility index (Phi) is 2.40. The summed E-state index contributed by atoms with van der Waals surface area (Å²) in [6.45, 7) is 1.67. The van der Waals surface area contributed by atoms with Gasteiger partial charge in [0.2, 0.25) is 0 Å². The van der Waals surface area contributed by atoms with Crippen molar-refractivity contribution in [1.29, 1.82) is 0 Å². The molecule has 0 saturated carbocycles. The van der Waals surface area contributed by atoms with Crippen molar-refractivity contribution in [2.45, 2.75) is 19.5 Å². The molecule has 0 aliphatic rings. The average Bonchev–Trinajstić information content (AvgIpc) is 2.03. The van der Waals surface area contributed by atoms with Gasteiger partial charge in [-0.1, -0.05) is 6.92 Å². The Labute approximate surface area is 72.8 Å². The third-order valence-electron chi connectivity index (χ3n) is 1.50. The number of rotatable bonds is 1. The monoisotopic (exact) mass is 191 g/mol. The van der Waals surface area contributed by atoms with Gasteiger partial charge >= 0.3 is 6.18 Å². The van der Waals surface area contributed by atoms with E-state index in [0.717, 1.165) is 0 Å². The van der Waals surface area contributed by atoms with Crippen molar-refractivity contribution in [3.63, 3.8) is 0 Å². The summed E-state index contributed by atoms with van der Waals surface area (Å²) in [5, 5.41) is 0. The van der Waals surface area contributed by atoms with E-state index in [4.69, 9.17) is 5.73 Å². The second kappa shape index (κ2) is 3.20. The van der Waals surface area contributed by atoms with Crippen LogP contribution in [0.2, 0.25) is 0 Å². The maximum atomic E-state index is 12.1. The molecule has 2 N–H and O–H groups in total. The first-order chi connectivity index (χ1) is 5.95. The Morgan fingerprint density at radius 3 is 2.54 bits per heavy atom. The first kappa shape index (κ1) is 9.76. The van der Waals surface area contributed by atoms with Gasteiger partial charge in [-0.05, 0) is 6.42 Å². The molecule has 0 atom stereocenters. The number of hydrogen-bond donors (Lipinski definition) is 1. The van der Waals surface area contributed by atoms with Crippen molar-refractivity contribution in [1.82, 2.24) is 9.97 Å². The summed E-state index contributed by atoms with van der Waals surface area (Å²) in [6.07, 6.45) is -3.48. The molecule has 0 bridgehead atoms. The van der Waals surface area contributed by atoms with E-state index in [2.05, 4.69) is 9.97 Å². The molecule has 0 aliphatic heterocycles. The minimum absolute atomic E-state index is 0.0514. The number of aromatic nitrogens is 2. The van der Waals surface area contributed by atoms with E-state index in [1.807, 2.05) is 0 Å². The highest BCUT2D eigenvalue weighted by molar-refractivity contribution is 5.34. The molecule has 1 aromatic heterocycles. The fourth-order valence-electron chi connectivity index (χ4n) is 0.833. The lowest BCUT2D eigenvalue weighted by atomic mass is 10.3. The van der Waals surface area contributed by atoms with Crippen molar-refractivity contribution < 1.29 is 13.2 Å². The van der Waals surface area contributed by atoms with E-state index in [9.17, 15) is 13.2 Å². The number of nitrogen functional groups attached to an aromatic ring is 1. The standard InChI is InChI=1S/C7H8F3N3/c1-2-4-6(11)12-3-5(13-4)7(8,9)10/h3H,2H2,1H3,(H2,11,12). The summed E-state index contributed by atoms with van der Waals surface area (Å²) < 4.78 is 36.3. The highest BCUT2D eigenvalue weighted by Crippen LogP contribution is 2.27. The summed E-state index contributed by atoms with van der Waals surface area (Å²) in [5.41, 5.74) is 4.48. The van der Waals surface area contributed by atoms with E-state index >= 15 is 0 Å². The normalized spacial score (nSPS) is 11.7. The van der Waals surface area contributed by atoms with Gasteiger partial charge in [0.25, 0.3) is 0 Å². The highest BCUT2D eigenvalue weighted by atomic mass is 19.4. The van der Waals surface area contributed by atoms with Crippen LogP contribution in [-0.4, -0.2) is 9.97 Å². The van der Waals surface area contributed by atoms with Crippen molar-refractivity contribution in [2.75, 3.05) is 5.73 Å². The molecule has 1 rings (SSSR count). The molecule has 72 valence electrons. The van der Waals surface area contributed by atoms with E-state index in [-0.39, 0.29) is 11.5 Å². The van der Waals surface area contributed by atoms with Crippen LogP contribution in [0.25, 0.3) is 0 Å². The minimum Gasteiger partial charge on any atom is -0.382 e. The molecule has 1 aromatic rings. The number of nitrogens with two attached hydrogens (primary N) is 1. The minimum atomic E-state index is -4.45. The summed E-state index contributed by atoms with van der Waals surface area (Å²) in [5.74, 6) is 0.0514. The predicted octanol–water partition coefficient (Wildman–Crippen LogP) is 1.64. The van der Waals surface area contributed by atoms with E-state index in [1.165, 1.54) is 0 Å². The number of aryl methyl sites for hydroxylation is 1. The number of hydrogen-bond acceptors (Lipinski definition) is 3. The summed E-state index contributed by atoms with van der Waals surface area (Å²) in [6, 6.07) is 0. The van der Waals surface area contributed by atoms with E-state index in [1.54, 1.807) is 6.92 Å². The first-order valence-electron chi connectivity index (χ1n) is 3.63. The van der Waals surface area contributed by atoms with Crippen LogP contribution >= 0.6 is 0 Å². The van der Waals surface area contributed by atoms with Crippen LogP contribution in [-0.2, 0) is 12.6 Å². The zero-order valence-electron chi connectivity index (χ0n) is 6.89. The summed E-state index contributed by atoms with van der Waals surface area (Å²) in [4.78, 5) is 6.76. The maximum Gasteiger partial charge on any atom is 0.434 e. The van der Waals surface area contributed by atoms with Crippen LogP contribution in [0.15, 0.2) is 6.20 Å². The quantitative estimate of drug-likeness (QED) is 0.734. The fraction of sp³-hybridized carbons (Fsp3) is 0.429. The Hall–Kier alpha value is -1.33. The lowest BCUT2D eigenvalue weighted by molar-refractivity contribution is -0.141. The van der Waals surface area contributed by atoms with E-state index < -0.39 is 11.9 Å². The molecule has 0 saturated heterocycles. The zero-order chi connectivity index (χ0) is 10.1. The third-order valence-corrected chi connectivity index (χ3v) is 1.50. The van der Waals surface area contributed by atoms with Crippen molar-refractivity contribution in [3.8, 4) is 0 Å². The molecule has 13 heavy (non-hydrogen) atoms. The molecule has 6 heteroatoms. The van der Waals surface area contributed by atoms with Gasteiger partial charge in [0.05, 0.1) is 11.9 Å². The van der Waals surface area contributed by atoms with Gasteiger partial charge in [-0.3, -0.25) is 0 Å². The van der Waals surface area contributed by atoms with Crippen LogP contribution < -0.4 is 5.73 Å². The molecule has 0 amide bonds. The highest BCUT2D eigenvalue weighted by Gasteiger charge is 2.33. The molecule has 0 aromatic carbocycles. The Morgan fingerprint density at radius 1 is 1.46 bits per heavy atom. The Morgan fingerprint density at radius 2 is 2.08 bits per heavy atom. The molecular weight excluding hydrogens is 183 g/mol. The van der Waals surface area contributed by atoms with Gasteiger partial charge in [-0.25, -0.2) is 9.97 Å². The number of anilines is 1. The second-order valence-electron chi connectivity index (χ2n) is 2.44. The summed E-state index contributed by atoms with van der Waals surface area (Å²) >= 11 is 0. The fourth-order valence-corrected chi connectivity index (χ4v) is 0.833. The van der Waals surface area contributed by atoms with Gasteiger partial charge in [-0.2, -0.15) is 13.2 Å². The molecule has 0 aliphatic carbocycles. The van der Waals surface area contributed by atoms with Crippen LogP contribution in [0.5, 0.6) is 0 Å². The van der Waals surface area contributed by atoms with Crippen molar-refractivity contribution >= 4 is 5.82 Å². The van der Waals surface area contributed by atoms with Gasteiger partial charge < -0.3 is 5.73 Å². The van der Waals surface area contributed by atoms with Crippen LogP contribution in [0.3, 0.4) is 0 Å². The average molecular weight is 191 g/mol.